The monoisotopic (exact) mass is 332 g/mol. The Kier molecular flexibility index (Phi) is 9.96. The SMILES string of the molecule is O[C@@H](CCCCCCCCCOCc1ccccc1)C(F)(F)F. The van der Waals surface area contributed by atoms with Crippen molar-refractivity contribution in [3.8, 4) is 0 Å². The predicted octanol–water partition coefficient (Wildman–Crippen LogP) is 5.25. The molecule has 23 heavy (non-hydrogen) atoms. The van der Waals surface area contributed by atoms with Crippen LogP contribution in [0.25, 0.3) is 0 Å². The molecule has 0 bridgehead atoms. The predicted molar refractivity (Wildman–Crippen MR) is 85.1 cm³/mol. The summed E-state index contributed by atoms with van der Waals surface area (Å²) in [5.74, 6) is 0. The molecule has 5 heteroatoms. The molecule has 0 aliphatic rings. The molecule has 1 aromatic carbocycles. The van der Waals surface area contributed by atoms with Crippen LogP contribution in [0.1, 0.15) is 56.9 Å². The number of aliphatic hydroxyl groups excluding tert-OH is 1. The van der Waals surface area contributed by atoms with E-state index in [1.165, 1.54) is 5.56 Å². The minimum Gasteiger partial charge on any atom is -0.384 e. The fourth-order valence-electron chi connectivity index (χ4n) is 2.35. The topological polar surface area (TPSA) is 29.5 Å². The standard InChI is InChI=1S/C18H27F3O2/c19-18(20,21)17(22)13-9-4-2-1-3-5-10-14-23-15-16-11-7-6-8-12-16/h6-8,11-12,17,22H,1-5,9-10,13-15H2/t17-/m0/s1. The first-order chi connectivity index (χ1) is 11.0. The molecule has 0 saturated carbocycles. The Hall–Kier alpha value is -1.07. The van der Waals surface area contributed by atoms with Gasteiger partial charge in [-0.05, 0) is 18.4 Å². The van der Waals surface area contributed by atoms with Crippen LogP contribution >= 0.6 is 0 Å². The van der Waals surface area contributed by atoms with Gasteiger partial charge in [0.15, 0.2) is 0 Å². The largest absolute Gasteiger partial charge is 0.414 e. The maximum absolute atomic E-state index is 12.1. The summed E-state index contributed by atoms with van der Waals surface area (Å²) in [7, 11) is 0. The first-order valence-corrected chi connectivity index (χ1v) is 8.36. The van der Waals surface area contributed by atoms with Crippen molar-refractivity contribution in [2.75, 3.05) is 6.61 Å². The van der Waals surface area contributed by atoms with Gasteiger partial charge in [0.1, 0.15) is 6.10 Å². The van der Waals surface area contributed by atoms with Crippen molar-refractivity contribution in [2.24, 2.45) is 0 Å². The van der Waals surface area contributed by atoms with E-state index in [0.717, 1.165) is 45.1 Å². The molecule has 0 unspecified atom stereocenters. The number of rotatable bonds is 12. The van der Waals surface area contributed by atoms with Crippen molar-refractivity contribution < 1.29 is 23.0 Å². The minimum absolute atomic E-state index is 0.184. The van der Waals surface area contributed by atoms with E-state index in [1.807, 2.05) is 30.3 Å². The van der Waals surface area contributed by atoms with Crippen LogP contribution in [0.2, 0.25) is 0 Å². The Morgan fingerprint density at radius 2 is 1.43 bits per heavy atom. The Bertz CT molecular complexity index is 393. The maximum Gasteiger partial charge on any atom is 0.414 e. The molecule has 0 aliphatic carbocycles. The molecule has 0 aromatic heterocycles. The number of hydrogen-bond acceptors (Lipinski definition) is 2. The van der Waals surface area contributed by atoms with E-state index in [4.69, 9.17) is 9.84 Å². The van der Waals surface area contributed by atoms with Gasteiger partial charge in [0.25, 0.3) is 0 Å². The van der Waals surface area contributed by atoms with Crippen molar-refractivity contribution in [1.29, 1.82) is 0 Å². The van der Waals surface area contributed by atoms with Gasteiger partial charge in [0.05, 0.1) is 6.61 Å². The molecule has 0 spiro atoms. The summed E-state index contributed by atoms with van der Waals surface area (Å²) in [6, 6.07) is 10.0. The van der Waals surface area contributed by atoms with Crippen molar-refractivity contribution >= 4 is 0 Å². The lowest BCUT2D eigenvalue weighted by Crippen LogP contribution is -2.28. The summed E-state index contributed by atoms with van der Waals surface area (Å²) in [6.45, 7) is 1.38. The van der Waals surface area contributed by atoms with Crippen LogP contribution in [0, 0.1) is 0 Å². The van der Waals surface area contributed by atoms with Crippen LogP contribution in [0.15, 0.2) is 30.3 Å². The van der Waals surface area contributed by atoms with Crippen molar-refractivity contribution in [2.45, 2.75) is 70.3 Å². The summed E-state index contributed by atoms with van der Waals surface area (Å²) >= 11 is 0. The van der Waals surface area contributed by atoms with Gasteiger partial charge in [0.2, 0.25) is 0 Å². The molecule has 1 rings (SSSR count). The lowest BCUT2D eigenvalue weighted by Gasteiger charge is -2.13. The van der Waals surface area contributed by atoms with Crippen molar-refractivity contribution in [3.63, 3.8) is 0 Å². The zero-order valence-electron chi connectivity index (χ0n) is 13.5. The average Bonchev–Trinajstić information content (AvgIpc) is 2.52. The molecule has 1 aromatic rings. The quantitative estimate of drug-likeness (QED) is 0.530. The Morgan fingerprint density at radius 3 is 2.04 bits per heavy atom. The fraction of sp³-hybridized carbons (Fsp3) is 0.667. The second-order valence-electron chi connectivity index (χ2n) is 5.86. The van der Waals surface area contributed by atoms with Gasteiger partial charge in [-0.25, -0.2) is 0 Å². The van der Waals surface area contributed by atoms with E-state index in [1.54, 1.807) is 0 Å². The highest BCUT2D eigenvalue weighted by Gasteiger charge is 2.37. The molecule has 0 radical (unpaired) electrons. The molecule has 132 valence electrons. The van der Waals surface area contributed by atoms with Crippen LogP contribution in [-0.4, -0.2) is 24.0 Å². The molecule has 2 nitrogen and oxygen atoms in total. The first-order valence-electron chi connectivity index (χ1n) is 8.36. The fourth-order valence-corrected chi connectivity index (χ4v) is 2.35. The molecule has 0 aliphatic heterocycles. The number of hydrogen-bond donors (Lipinski definition) is 1. The third kappa shape index (κ3) is 10.3. The van der Waals surface area contributed by atoms with Gasteiger partial charge in [0, 0.05) is 6.61 Å². The van der Waals surface area contributed by atoms with Gasteiger partial charge in [-0.15, -0.1) is 0 Å². The molecular formula is C18H27F3O2. The van der Waals surface area contributed by atoms with E-state index in [0.29, 0.717) is 13.0 Å². The molecular weight excluding hydrogens is 305 g/mol. The highest BCUT2D eigenvalue weighted by molar-refractivity contribution is 5.13. The summed E-state index contributed by atoms with van der Waals surface area (Å²) in [6.07, 6.45) is -0.509. The molecule has 0 saturated heterocycles. The molecule has 1 N–H and O–H groups in total. The maximum atomic E-state index is 12.1. The van der Waals surface area contributed by atoms with E-state index >= 15 is 0 Å². The van der Waals surface area contributed by atoms with Crippen LogP contribution in [0.5, 0.6) is 0 Å². The highest BCUT2D eigenvalue weighted by atomic mass is 19.4. The zero-order valence-corrected chi connectivity index (χ0v) is 13.5. The second kappa shape index (κ2) is 11.5. The zero-order chi connectivity index (χ0) is 17.0. The van der Waals surface area contributed by atoms with E-state index in [2.05, 4.69) is 0 Å². The summed E-state index contributed by atoms with van der Waals surface area (Å²) in [5.41, 5.74) is 1.17. The van der Waals surface area contributed by atoms with Gasteiger partial charge in [-0.3, -0.25) is 0 Å². The Morgan fingerprint density at radius 1 is 0.870 bits per heavy atom. The first kappa shape index (κ1) is 20.0. The van der Waals surface area contributed by atoms with Crippen molar-refractivity contribution in [1.82, 2.24) is 0 Å². The summed E-state index contributed by atoms with van der Waals surface area (Å²) < 4.78 is 41.8. The second-order valence-corrected chi connectivity index (χ2v) is 5.86. The lowest BCUT2D eigenvalue weighted by atomic mass is 10.1. The number of unbranched alkanes of at least 4 members (excludes halogenated alkanes) is 6. The van der Waals surface area contributed by atoms with Crippen molar-refractivity contribution in [3.05, 3.63) is 35.9 Å². The number of alkyl halides is 3. The van der Waals surface area contributed by atoms with E-state index < -0.39 is 12.3 Å². The molecule has 1 atom stereocenters. The Labute approximate surface area is 136 Å². The Balaban J connectivity index is 1.83. The van der Waals surface area contributed by atoms with Crippen LogP contribution in [0.4, 0.5) is 13.2 Å². The normalized spacial score (nSPS) is 13.2. The lowest BCUT2D eigenvalue weighted by molar-refractivity contribution is -0.205. The van der Waals surface area contributed by atoms with Gasteiger partial charge < -0.3 is 9.84 Å². The molecule has 0 heterocycles. The van der Waals surface area contributed by atoms with Crippen LogP contribution < -0.4 is 0 Å². The number of halogens is 3. The molecule has 0 fully saturated rings. The molecule has 0 amide bonds. The number of aliphatic hydroxyl groups is 1. The summed E-state index contributed by atoms with van der Waals surface area (Å²) in [4.78, 5) is 0. The van der Waals surface area contributed by atoms with Crippen LogP contribution in [-0.2, 0) is 11.3 Å². The highest BCUT2D eigenvalue weighted by Crippen LogP contribution is 2.24. The third-order valence-electron chi connectivity index (χ3n) is 3.76. The smallest absolute Gasteiger partial charge is 0.384 e. The van der Waals surface area contributed by atoms with Gasteiger partial charge in [-0.2, -0.15) is 13.2 Å². The third-order valence-corrected chi connectivity index (χ3v) is 3.76. The van der Waals surface area contributed by atoms with E-state index in [9.17, 15) is 13.2 Å². The van der Waals surface area contributed by atoms with Gasteiger partial charge >= 0.3 is 6.18 Å². The summed E-state index contributed by atoms with van der Waals surface area (Å²) in [5, 5.41) is 8.85. The average molecular weight is 332 g/mol. The van der Waals surface area contributed by atoms with Crippen LogP contribution in [0.3, 0.4) is 0 Å². The number of benzene rings is 1. The minimum atomic E-state index is -4.47. The number of ether oxygens (including phenoxy) is 1. The van der Waals surface area contributed by atoms with E-state index in [-0.39, 0.29) is 6.42 Å². The van der Waals surface area contributed by atoms with Gasteiger partial charge in [-0.1, -0.05) is 68.9 Å².